The van der Waals surface area contributed by atoms with Crippen LogP contribution in [0.5, 0.6) is 0 Å². The smallest absolute Gasteiger partial charge is 0.270 e. The number of furan rings is 1. The van der Waals surface area contributed by atoms with Crippen molar-refractivity contribution in [2.45, 2.75) is 0 Å². The van der Waals surface area contributed by atoms with Crippen LogP contribution in [0.1, 0.15) is 10.4 Å². The molecule has 3 rings (SSSR count). The van der Waals surface area contributed by atoms with Crippen LogP contribution in [-0.4, -0.2) is 10.8 Å². The van der Waals surface area contributed by atoms with E-state index in [1.54, 1.807) is 18.2 Å². The fourth-order valence-electron chi connectivity index (χ4n) is 2.07. The number of nitro benzene ring substituents is 1. The van der Waals surface area contributed by atoms with E-state index >= 15 is 0 Å². The van der Waals surface area contributed by atoms with Gasteiger partial charge in [0.25, 0.3) is 11.6 Å². The molecule has 3 aromatic rings. The molecule has 7 heteroatoms. The van der Waals surface area contributed by atoms with Gasteiger partial charge in [0.15, 0.2) is 0 Å². The molecular formula is C15H9BrN2O4. The summed E-state index contributed by atoms with van der Waals surface area (Å²) in [6.07, 6.45) is 1.29. The van der Waals surface area contributed by atoms with E-state index in [0.29, 0.717) is 16.7 Å². The Labute approximate surface area is 133 Å². The molecule has 6 nitrogen and oxygen atoms in total. The zero-order chi connectivity index (χ0) is 15.7. The molecule has 0 aliphatic carbocycles. The highest BCUT2D eigenvalue weighted by molar-refractivity contribution is 9.10. The third-order valence-corrected chi connectivity index (χ3v) is 3.59. The average Bonchev–Trinajstić information content (AvgIpc) is 2.90. The molecule has 0 fully saturated rings. The molecule has 0 saturated carbocycles. The van der Waals surface area contributed by atoms with Crippen LogP contribution in [0.3, 0.4) is 0 Å². The molecule has 2 aromatic carbocycles. The second-order valence-electron chi connectivity index (χ2n) is 4.55. The van der Waals surface area contributed by atoms with Gasteiger partial charge in [0, 0.05) is 27.7 Å². The summed E-state index contributed by atoms with van der Waals surface area (Å²) in [6, 6.07) is 11.3. The first-order valence-corrected chi connectivity index (χ1v) is 7.06. The number of hydrogen-bond acceptors (Lipinski definition) is 4. The van der Waals surface area contributed by atoms with Crippen molar-refractivity contribution in [3.05, 3.63) is 68.9 Å². The van der Waals surface area contributed by atoms with Crippen LogP contribution < -0.4 is 5.32 Å². The molecular weight excluding hydrogens is 352 g/mol. The maximum Gasteiger partial charge on any atom is 0.270 e. The van der Waals surface area contributed by atoms with Crippen molar-refractivity contribution < 1.29 is 14.1 Å². The van der Waals surface area contributed by atoms with Crippen molar-refractivity contribution in [2.24, 2.45) is 0 Å². The lowest BCUT2D eigenvalue weighted by Crippen LogP contribution is -2.11. The number of rotatable bonds is 3. The van der Waals surface area contributed by atoms with E-state index in [4.69, 9.17) is 4.42 Å². The first kappa shape index (κ1) is 14.3. The minimum absolute atomic E-state index is 0.0922. The Balaban J connectivity index is 1.97. The summed E-state index contributed by atoms with van der Waals surface area (Å²) in [4.78, 5) is 22.7. The second kappa shape index (κ2) is 5.61. The van der Waals surface area contributed by atoms with Gasteiger partial charge in [-0.15, -0.1) is 0 Å². The Hall–Kier alpha value is -2.67. The van der Waals surface area contributed by atoms with Crippen LogP contribution in [0.2, 0.25) is 0 Å². The number of anilines is 1. The molecule has 22 heavy (non-hydrogen) atoms. The van der Waals surface area contributed by atoms with Crippen molar-refractivity contribution >= 4 is 44.2 Å². The molecule has 0 unspecified atom stereocenters. The molecule has 110 valence electrons. The lowest BCUT2D eigenvalue weighted by atomic mass is 10.1. The van der Waals surface area contributed by atoms with Gasteiger partial charge in [0.2, 0.25) is 0 Å². The Morgan fingerprint density at radius 2 is 2.05 bits per heavy atom. The number of non-ortho nitro benzene ring substituents is 1. The Morgan fingerprint density at radius 3 is 2.77 bits per heavy atom. The van der Waals surface area contributed by atoms with Crippen LogP contribution in [0.25, 0.3) is 11.0 Å². The lowest BCUT2D eigenvalue weighted by molar-refractivity contribution is -0.384. The molecule has 0 bridgehead atoms. The number of amides is 1. The molecule has 0 radical (unpaired) electrons. The predicted octanol–water partition coefficient (Wildman–Crippen LogP) is 4.36. The van der Waals surface area contributed by atoms with Crippen molar-refractivity contribution in [1.82, 2.24) is 0 Å². The molecule has 0 spiro atoms. The summed E-state index contributed by atoms with van der Waals surface area (Å²) in [5.41, 5.74) is 1.19. The first-order valence-electron chi connectivity index (χ1n) is 6.27. The summed E-state index contributed by atoms with van der Waals surface area (Å²) < 4.78 is 6.11. The SMILES string of the molecule is O=C(Nc1cccc(Br)c1)c1coc2ccc([N+](=O)[O-])cc12. The fourth-order valence-corrected chi connectivity index (χ4v) is 2.47. The summed E-state index contributed by atoms with van der Waals surface area (Å²) in [5, 5.41) is 14.0. The quantitative estimate of drug-likeness (QED) is 0.555. The molecule has 1 heterocycles. The molecule has 0 aliphatic rings. The van der Waals surface area contributed by atoms with Crippen LogP contribution >= 0.6 is 15.9 Å². The molecule has 1 N–H and O–H groups in total. The number of carbonyl (C=O) groups excluding carboxylic acids is 1. The van der Waals surface area contributed by atoms with E-state index in [0.717, 1.165) is 4.47 Å². The number of hydrogen-bond donors (Lipinski definition) is 1. The zero-order valence-electron chi connectivity index (χ0n) is 11.1. The van der Waals surface area contributed by atoms with Crippen LogP contribution in [0.15, 0.2) is 57.6 Å². The fraction of sp³-hybridized carbons (Fsp3) is 0. The maximum absolute atomic E-state index is 12.3. The minimum atomic E-state index is -0.511. The summed E-state index contributed by atoms with van der Waals surface area (Å²) in [6.45, 7) is 0. The third kappa shape index (κ3) is 2.71. The first-order chi connectivity index (χ1) is 10.5. The van der Waals surface area contributed by atoms with E-state index < -0.39 is 10.8 Å². The monoisotopic (exact) mass is 360 g/mol. The van der Waals surface area contributed by atoms with Gasteiger partial charge in [-0.3, -0.25) is 14.9 Å². The van der Waals surface area contributed by atoms with Gasteiger partial charge in [0.05, 0.1) is 10.5 Å². The number of fused-ring (bicyclic) bond motifs is 1. The highest BCUT2D eigenvalue weighted by Crippen LogP contribution is 2.26. The van der Waals surface area contributed by atoms with Crippen molar-refractivity contribution in [1.29, 1.82) is 0 Å². The Morgan fingerprint density at radius 1 is 1.23 bits per heavy atom. The van der Waals surface area contributed by atoms with Crippen LogP contribution in [-0.2, 0) is 0 Å². The minimum Gasteiger partial charge on any atom is -0.463 e. The van der Waals surface area contributed by atoms with E-state index in [-0.39, 0.29) is 11.3 Å². The molecule has 0 saturated heterocycles. The summed E-state index contributed by atoms with van der Waals surface area (Å²) in [5.74, 6) is -0.391. The number of halogens is 1. The van der Waals surface area contributed by atoms with E-state index in [9.17, 15) is 14.9 Å². The van der Waals surface area contributed by atoms with Crippen molar-refractivity contribution in [3.8, 4) is 0 Å². The highest BCUT2D eigenvalue weighted by Gasteiger charge is 2.17. The normalized spacial score (nSPS) is 10.6. The largest absolute Gasteiger partial charge is 0.463 e. The predicted molar refractivity (Wildman–Crippen MR) is 85.0 cm³/mol. The topological polar surface area (TPSA) is 85.4 Å². The Bertz CT molecular complexity index is 888. The standard InChI is InChI=1S/C15H9BrN2O4/c16-9-2-1-3-10(6-9)17-15(19)13-8-22-14-5-4-11(18(20)21)7-12(13)14/h1-8H,(H,17,19). The van der Waals surface area contributed by atoms with Crippen LogP contribution in [0, 0.1) is 10.1 Å². The van der Waals surface area contributed by atoms with Crippen molar-refractivity contribution in [3.63, 3.8) is 0 Å². The number of benzene rings is 2. The van der Waals surface area contributed by atoms with Gasteiger partial charge >= 0.3 is 0 Å². The zero-order valence-corrected chi connectivity index (χ0v) is 12.7. The van der Waals surface area contributed by atoms with Gasteiger partial charge in [-0.2, -0.15) is 0 Å². The molecule has 1 aromatic heterocycles. The second-order valence-corrected chi connectivity index (χ2v) is 5.47. The summed E-state index contributed by atoms with van der Waals surface area (Å²) >= 11 is 3.32. The number of nitro groups is 1. The van der Waals surface area contributed by atoms with E-state index in [1.807, 2.05) is 6.07 Å². The number of nitrogens with zero attached hydrogens (tertiary/aromatic N) is 1. The van der Waals surface area contributed by atoms with Crippen molar-refractivity contribution in [2.75, 3.05) is 5.32 Å². The number of carbonyl (C=O) groups is 1. The van der Waals surface area contributed by atoms with E-state index in [2.05, 4.69) is 21.2 Å². The van der Waals surface area contributed by atoms with Gasteiger partial charge in [-0.25, -0.2) is 0 Å². The van der Waals surface area contributed by atoms with Gasteiger partial charge < -0.3 is 9.73 Å². The highest BCUT2D eigenvalue weighted by atomic mass is 79.9. The summed E-state index contributed by atoms with van der Waals surface area (Å²) in [7, 11) is 0. The third-order valence-electron chi connectivity index (χ3n) is 3.09. The lowest BCUT2D eigenvalue weighted by Gasteiger charge is -2.04. The molecule has 0 atom stereocenters. The number of nitrogens with one attached hydrogen (secondary N) is 1. The average molecular weight is 361 g/mol. The molecule has 0 aliphatic heterocycles. The maximum atomic E-state index is 12.3. The van der Waals surface area contributed by atoms with Gasteiger partial charge in [-0.1, -0.05) is 22.0 Å². The Kier molecular flexibility index (Phi) is 3.64. The van der Waals surface area contributed by atoms with E-state index in [1.165, 1.54) is 24.5 Å². The van der Waals surface area contributed by atoms with Gasteiger partial charge in [-0.05, 0) is 24.3 Å². The van der Waals surface area contributed by atoms with Crippen LogP contribution in [0.4, 0.5) is 11.4 Å². The van der Waals surface area contributed by atoms with Gasteiger partial charge in [0.1, 0.15) is 11.8 Å². The molecule has 1 amide bonds.